The van der Waals surface area contributed by atoms with E-state index in [9.17, 15) is 14.3 Å². The summed E-state index contributed by atoms with van der Waals surface area (Å²) in [5.41, 5.74) is -0.166. The number of carbonyl (C=O) groups excluding carboxylic acids is 1. The third-order valence-corrected chi connectivity index (χ3v) is 2.58. The SMILES string of the molecule is CNCC(=O)c1c(O)c(F)cc2c1OCCCO2. The van der Waals surface area contributed by atoms with Gasteiger partial charge in [-0.25, -0.2) is 4.39 Å². The van der Waals surface area contributed by atoms with Crippen LogP contribution in [0.1, 0.15) is 16.8 Å². The number of benzene rings is 1. The van der Waals surface area contributed by atoms with Gasteiger partial charge in [-0.1, -0.05) is 0 Å². The van der Waals surface area contributed by atoms with E-state index >= 15 is 0 Å². The summed E-state index contributed by atoms with van der Waals surface area (Å²) in [6, 6.07) is 1.03. The van der Waals surface area contributed by atoms with Crippen molar-refractivity contribution in [2.75, 3.05) is 26.8 Å². The minimum atomic E-state index is -0.890. The predicted octanol–water partition coefficient (Wildman–Crippen LogP) is 1.09. The maximum absolute atomic E-state index is 13.5. The number of likely N-dealkylation sites (N-methyl/N-ethyl adjacent to an activating group) is 1. The second kappa shape index (κ2) is 5.22. The number of ketones is 1. The predicted molar refractivity (Wildman–Crippen MR) is 61.9 cm³/mol. The number of hydrogen-bond donors (Lipinski definition) is 2. The molecule has 1 aliphatic rings. The summed E-state index contributed by atoms with van der Waals surface area (Å²) in [6.07, 6.45) is 0.636. The van der Waals surface area contributed by atoms with Crippen LogP contribution in [-0.2, 0) is 0 Å². The Morgan fingerprint density at radius 2 is 2.22 bits per heavy atom. The van der Waals surface area contributed by atoms with Crippen molar-refractivity contribution in [3.63, 3.8) is 0 Å². The number of aromatic hydroxyl groups is 1. The highest BCUT2D eigenvalue weighted by atomic mass is 19.1. The van der Waals surface area contributed by atoms with Gasteiger partial charge in [-0.05, 0) is 7.05 Å². The second-order valence-electron chi connectivity index (χ2n) is 3.91. The Bertz CT molecular complexity index is 476. The van der Waals surface area contributed by atoms with Crippen LogP contribution in [0, 0.1) is 5.82 Å². The lowest BCUT2D eigenvalue weighted by atomic mass is 10.1. The van der Waals surface area contributed by atoms with E-state index in [4.69, 9.17) is 9.47 Å². The molecule has 5 nitrogen and oxygen atoms in total. The van der Waals surface area contributed by atoms with Crippen molar-refractivity contribution in [2.24, 2.45) is 0 Å². The lowest BCUT2D eigenvalue weighted by molar-refractivity contribution is 0.0986. The van der Waals surface area contributed by atoms with Crippen molar-refractivity contribution in [3.05, 3.63) is 17.4 Å². The van der Waals surface area contributed by atoms with Gasteiger partial charge in [0.15, 0.2) is 28.8 Å². The van der Waals surface area contributed by atoms with Crippen molar-refractivity contribution in [1.29, 1.82) is 0 Å². The molecule has 0 aromatic heterocycles. The lowest BCUT2D eigenvalue weighted by Gasteiger charge is -2.13. The summed E-state index contributed by atoms with van der Waals surface area (Å²) in [5, 5.41) is 12.3. The zero-order valence-electron chi connectivity index (χ0n) is 9.96. The first kappa shape index (κ1) is 12.6. The minimum absolute atomic E-state index is 0.0210. The molecule has 2 rings (SSSR count). The Morgan fingerprint density at radius 1 is 1.50 bits per heavy atom. The van der Waals surface area contributed by atoms with Gasteiger partial charge in [-0.2, -0.15) is 0 Å². The van der Waals surface area contributed by atoms with E-state index in [0.717, 1.165) is 6.07 Å². The molecule has 0 radical (unpaired) electrons. The van der Waals surface area contributed by atoms with E-state index in [1.165, 1.54) is 0 Å². The Morgan fingerprint density at radius 3 is 2.94 bits per heavy atom. The van der Waals surface area contributed by atoms with Crippen LogP contribution in [0.5, 0.6) is 17.2 Å². The normalized spacial score (nSPS) is 14.1. The average molecular weight is 255 g/mol. The van der Waals surface area contributed by atoms with Crippen LogP contribution in [0.25, 0.3) is 0 Å². The minimum Gasteiger partial charge on any atom is -0.504 e. The molecule has 0 atom stereocenters. The molecule has 0 saturated heterocycles. The van der Waals surface area contributed by atoms with Gasteiger partial charge in [0.2, 0.25) is 0 Å². The van der Waals surface area contributed by atoms with Gasteiger partial charge in [-0.3, -0.25) is 4.79 Å². The highest BCUT2D eigenvalue weighted by Crippen LogP contribution is 2.40. The monoisotopic (exact) mass is 255 g/mol. The van der Waals surface area contributed by atoms with Crippen LogP contribution in [0.3, 0.4) is 0 Å². The summed E-state index contributed by atoms with van der Waals surface area (Å²) in [6.45, 7) is 0.724. The van der Waals surface area contributed by atoms with Crippen LogP contribution in [0.2, 0.25) is 0 Å². The van der Waals surface area contributed by atoms with Crippen LogP contribution in [0.15, 0.2) is 6.07 Å². The van der Waals surface area contributed by atoms with Crippen molar-refractivity contribution in [3.8, 4) is 17.2 Å². The molecule has 0 fully saturated rings. The topological polar surface area (TPSA) is 67.8 Å². The van der Waals surface area contributed by atoms with E-state index in [2.05, 4.69) is 5.32 Å². The average Bonchev–Trinajstić information content (AvgIpc) is 2.56. The van der Waals surface area contributed by atoms with E-state index < -0.39 is 17.3 Å². The summed E-state index contributed by atoms with van der Waals surface area (Å²) in [5.74, 6) is -1.76. The first-order valence-electron chi connectivity index (χ1n) is 5.64. The van der Waals surface area contributed by atoms with Gasteiger partial charge < -0.3 is 19.9 Å². The number of ether oxygens (including phenoxy) is 2. The zero-order valence-corrected chi connectivity index (χ0v) is 9.96. The van der Waals surface area contributed by atoms with Gasteiger partial charge in [0, 0.05) is 12.5 Å². The molecule has 0 saturated carbocycles. The van der Waals surface area contributed by atoms with E-state index in [0.29, 0.717) is 19.6 Å². The first-order chi connectivity index (χ1) is 8.65. The Hall–Kier alpha value is -1.82. The summed E-state index contributed by atoms with van der Waals surface area (Å²) in [7, 11) is 1.59. The van der Waals surface area contributed by atoms with Crippen LogP contribution >= 0.6 is 0 Å². The summed E-state index contributed by atoms with van der Waals surface area (Å²) < 4.78 is 24.2. The molecule has 18 heavy (non-hydrogen) atoms. The molecule has 0 bridgehead atoms. The maximum atomic E-state index is 13.5. The third kappa shape index (κ3) is 2.24. The first-order valence-corrected chi connectivity index (χ1v) is 5.64. The third-order valence-electron chi connectivity index (χ3n) is 2.58. The molecule has 0 spiro atoms. The summed E-state index contributed by atoms with van der Waals surface area (Å²) in [4.78, 5) is 11.9. The fourth-order valence-corrected chi connectivity index (χ4v) is 1.77. The molecular formula is C12H14FNO4. The van der Waals surface area contributed by atoms with Crippen LogP contribution < -0.4 is 14.8 Å². The molecule has 1 aliphatic heterocycles. The number of rotatable bonds is 3. The van der Waals surface area contributed by atoms with Crippen LogP contribution in [-0.4, -0.2) is 37.7 Å². The van der Waals surface area contributed by atoms with Crippen molar-refractivity contribution in [1.82, 2.24) is 5.32 Å². The highest BCUT2D eigenvalue weighted by molar-refractivity contribution is 6.03. The van der Waals surface area contributed by atoms with E-state index in [-0.39, 0.29) is 23.6 Å². The van der Waals surface area contributed by atoms with Crippen molar-refractivity contribution in [2.45, 2.75) is 6.42 Å². The van der Waals surface area contributed by atoms with Crippen molar-refractivity contribution >= 4 is 5.78 Å². The molecule has 1 heterocycles. The Kier molecular flexibility index (Phi) is 3.66. The van der Waals surface area contributed by atoms with Gasteiger partial charge in [0.05, 0.1) is 19.8 Å². The Balaban J connectivity index is 2.54. The number of phenols is 1. The summed E-state index contributed by atoms with van der Waals surface area (Å²) >= 11 is 0. The van der Waals surface area contributed by atoms with Crippen molar-refractivity contribution < 1.29 is 23.8 Å². The number of carbonyl (C=O) groups is 1. The lowest BCUT2D eigenvalue weighted by Crippen LogP contribution is -2.20. The van der Waals surface area contributed by atoms with E-state index in [1.807, 2.05) is 0 Å². The van der Waals surface area contributed by atoms with Crippen LogP contribution in [0.4, 0.5) is 4.39 Å². The van der Waals surface area contributed by atoms with Gasteiger partial charge in [0.25, 0.3) is 0 Å². The molecular weight excluding hydrogens is 241 g/mol. The van der Waals surface area contributed by atoms with Gasteiger partial charge >= 0.3 is 0 Å². The molecule has 0 unspecified atom stereocenters. The molecule has 1 aromatic carbocycles. The highest BCUT2D eigenvalue weighted by Gasteiger charge is 2.26. The number of nitrogens with one attached hydrogen (secondary N) is 1. The largest absolute Gasteiger partial charge is 0.504 e. The number of hydrogen-bond acceptors (Lipinski definition) is 5. The van der Waals surface area contributed by atoms with Gasteiger partial charge in [0.1, 0.15) is 5.56 Å². The second-order valence-corrected chi connectivity index (χ2v) is 3.91. The molecule has 2 N–H and O–H groups in total. The standard InChI is InChI=1S/C12H14FNO4/c1-14-6-8(15)10-11(16)7(13)5-9-12(10)18-4-2-3-17-9/h5,14,16H,2-4,6H2,1H3. The number of Topliss-reactive ketones (excluding diaryl/α,β-unsaturated/α-hetero) is 1. The maximum Gasteiger partial charge on any atom is 0.184 e. The van der Waals surface area contributed by atoms with E-state index in [1.54, 1.807) is 7.05 Å². The molecule has 6 heteroatoms. The molecule has 0 amide bonds. The molecule has 0 aliphatic carbocycles. The number of fused-ring (bicyclic) bond motifs is 1. The van der Waals surface area contributed by atoms with Gasteiger partial charge in [-0.15, -0.1) is 0 Å². The quantitative estimate of drug-likeness (QED) is 0.791. The fraction of sp³-hybridized carbons (Fsp3) is 0.417. The zero-order chi connectivity index (χ0) is 13.1. The number of halogens is 1. The fourth-order valence-electron chi connectivity index (χ4n) is 1.77. The number of phenolic OH excluding ortho intramolecular Hbond substituents is 1. The smallest absolute Gasteiger partial charge is 0.184 e. The molecule has 98 valence electrons. The molecule has 1 aromatic rings. The Labute approximate surface area is 104 Å².